The van der Waals surface area contributed by atoms with Gasteiger partial charge in [-0.15, -0.1) is 0 Å². The third-order valence-electron chi connectivity index (χ3n) is 18.2. The van der Waals surface area contributed by atoms with Gasteiger partial charge in [0.2, 0.25) is 0 Å². The lowest BCUT2D eigenvalue weighted by Gasteiger charge is -2.36. The molecular formula is C77H89N9O8. The van der Waals surface area contributed by atoms with Gasteiger partial charge in [-0.25, -0.2) is 9.36 Å². The van der Waals surface area contributed by atoms with Gasteiger partial charge in [0, 0.05) is 68.4 Å². The number of pyridine rings is 1. The Morgan fingerprint density at radius 2 is 0.957 bits per heavy atom. The summed E-state index contributed by atoms with van der Waals surface area (Å²) in [6.45, 7) is 15.5. The highest BCUT2D eigenvalue weighted by atomic mass is 16.5. The van der Waals surface area contributed by atoms with Gasteiger partial charge < -0.3 is 39.3 Å². The van der Waals surface area contributed by atoms with Crippen LogP contribution in [0.5, 0.6) is 11.5 Å². The van der Waals surface area contributed by atoms with Crippen molar-refractivity contribution in [2.24, 2.45) is 0 Å². The van der Waals surface area contributed by atoms with Crippen molar-refractivity contribution in [2.45, 2.75) is 131 Å². The SMILES string of the molecule is CCCCN(CCCC)C(=O)c1cc(C)n(-c2ccc(-c3ccc(OC)c(OC)c3)cc2C(=O)N2Cc3ccccc3C[C@H]2CO)n1.CCCCN(CCCC)C(=O)c1cc(C)n(-c2ccc(-c3cccc4cnccc34)cc2C(=O)N2Cc3ccccc3C[C@H]2CO)n1. The second kappa shape index (κ2) is 31.4. The number of ether oxygens (including phenoxy) is 2. The largest absolute Gasteiger partial charge is 0.493 e. The maximum Gasteiger partial charge on any atom is 0.274 e. The number of rotatable bonds is 24. The van der Waals surface area contributed by atoms with E-state index in [4.69, 9.17) is 19.7 Å². The van der Waals surface area contributed by atoms with Gasteiger partial charge in [-0.2, -0.15) is 10.2 Å². The van der Waals surface area contributed by atoms with Crippen LogP contribution in [0.3, 0.4) is 0 Å². The molecule has 11 rings (SSSR count). The summed E-state index contributed by atoms with van der Waals surface area (Å²) in [5.74, 6) is 0.598. The topological polar surface area (TPSA) is 189 Å². The number of aliphatic hydroxyl groups excluding tert-OH is 2. The molecule has 3 aromatic heterocycles. The number of amides is 4. The lowest BCUT2D eigenvalue weighted by atomic mass is 9.92. The molecule has 6 aromatic carbocycles. The fourth-order valence-electron chi connectivity index (χ4n) is 12.8. The Balaban J connectivity index is 0.000000205. The summed E-state index contributed by atoms with van der Waals surface area (Å²) in [7, 11) is 3.18. The number of nitrogens with zero attached hydrogens (tertiary/aromatic N) is 9. The molecule has 2 aliphatic heterocycles. The first-order chi connectivity index (χ1) is 45.8. The Bertz CT molecular complexity index is 4110. The van der Waals surface area contributed by atoms with Crippen LogP contribution in [0.25, 0.3) is 44.4 Å². The van der Waals surface area contributed by atoms with E-state index in [1.807, 2.05) is 145 Å². The number of fused-ring (bicyclic) bond motifs is 3. The third kappa shape index (κ3) is 14.8. The van der Waals surface area contributed by atoms with Gasteiger partial charge in [0.25, 0.3) is 23.6 Å². The van der Waals surface area contributed by atoms with Crippen molar-refractivity contribution in [3.05, 3.63) is 208 Å². The zero-order valence-electron chi connectivity index (χ0n) is 55.7. The van der Waals surface area contributed by atoms with Gasteiger partial charge in [0.15, 0.2) is 22.9 Å². The maximum atomic E-state index is 14.7. The Morgan fingerprint density at radius 1 is 0.511 bits per heavy atom. The molecule has 5 heterocycles. The molecule has 0 saturated heterocycles. The highest BCUT2D eigenvalue weighted by Gasteiger charge is 2.35. The van der Waals surface area contributed by atoms with Crippen molar-refractivity contribution in [1.29, 1.82) is 0 Å². The van der Waals surface area contributed by atoms with Crippen LogP contribution < -0.4 is 9.47 Å². The molecule has 0 radical (unpaired) electrons. The zero-order valence-corrected chi connectivity index (χ0v) is 55.7. The summed E-state index contributed by atoms with van der Waals surface area (Å²) < 4.78 is 14.4. The quantitative estimate of drug-likeness (QED) is 0.0586. The summed E-state index contributed by atoms with van der Waals surface area (Å²) in [5.41, 5.74) is 12.3. The monoisotopic (exact) mass is 1270 g/mol. The summed E-state index contributed by atoms with van der Waals surface area (Å²) in [6, 6.07) is 44.3. The first-order valence-electron chi connectivity index (χ1n) is 33.3. The maximum absolute atomic E-state index is 14.7. The summed E-state index contributed by atoms with van der Waals surface area (Å²) >= 11 is 0. The van der Waals surface area contributed by atoms with E-state index in [1.165, 1.54) is 0 Å². The second-order valence-electron chi connectivity index (χ2n) is 24.6. The molecule has 17 nitrogen and oxygen atoms in total. The number of carbonyl (C=O) groups is 4. The Hall–Kier alpha value is -9.45. The highest BCUT2D eigenvalue weighted by molar-refractivity contribution is 6.03. The van der Waals surface area contributed by atoms with Crippen LogP contribution in [0.2, 0.25) is 0 Å². The van der Waals surface area contributed by atoms with Crippen molar-refractivity contribution in [1.82, 2.24) is 44.1 Å². The third-order valence-corrected chi connectivity index (χ3v) is 18.2. The van der Waals surface area contributed by atoms with E-state index in [0.717, 1.165) is 118 Å². The molecule has 0 saturated carbocycles. The van der Waals surface area contributed by atoms with Crippen molar-refractivity contribution >= 4 is 34.4 Å². The molecule has 0 aliphatic carbocycles. The summed E-state index contributed by atoms with van der Waals surface area (Å²) in [5, 5.41) is 32.5. The van der Waals surface area contributed by atoms with Crippen LogP contribution >= 0.6 is 0 Å². The number of hydrogen-bond donors (Lipinski definition) is 2. The molecule has 17 heteroatoms. The minimum absolute atomic E-state index is 0.0874. The molecule has 94 heavy (non-hydrogen) atoms. The molecule has 0 spiro atoms. The Labute approximate surface area is 552 Å². The van der Waals surface area contributed by atoms with Gasteiger partial charge in [-0.1, -0.05) is 138 Å². The van der Waals surface area contributed by atoms with Gasteiger partial charge >= 0.3 is 0 Å². The number of carbonyl (C=O) groups excluding carboxylic acids is 4. The molecular weight excluding hydrogens is 1180 g/mol. The Morgan fingerprint density at radius 3 is 1.43 bits per heavy atom. The van der Waals surface area contributed by atoms with Crippen LogP contribution in [-0.4, -0.2) is 144 Å². The predicted octanol–water partition coefficient (Wildman–Crippen LogP) is 13.5. The predicted molar refractivity (Wildman–Crippen MR) is 369 cm³/mol. The smallest absolute Gasteiger partial charge is 0.274 e. The van der Waals surface area contributed by atoms with E-state index in [9.17, 15) is 29.4 Å². The minimum Gasteiger partial charge on any atom is -0.493 e. The van der Waals surface area contributed by atoms with E-state index in [1.54, 1.807) is 45.6 Å². The number of aromatic nitrogens is 5. The second-order valence-corrected chi connectivity index (χ2v) is 24.6. The van der Waals surface area contributed by atoms with E-state index in [2.05, 4.69) is 50.9 Å². The fraction of sp³-hybridized carbons (Fsp3) is 0.364. The van der Waals surface area contributed by atoms with E-state index in [-0.39, 0.29) is 48.9 Å². The molecule has 2 atom stereocenters. The van der Waals surface area contributed by atoms with E-state index >= 15 is 0 Å². The summed E-state index contributed by atoms with van der Waals surface area (Å²) in [4.78, 5) is 68.4. The lowest BCUT2D eigenvalue weighted by molar-refractivity contribution is 0.0539. The number of aliphatic hydroxyl groups is 2. The van der Waals surface area contributed by atoms with Crippen LogP contribution in [0.4, 0.5) is 0 Å². The number of benzene rings is 6. The number of aryl methyl sites for hydroxylation is 2. The standard InChI is InChI=1S/C39H43N5O3.C38H46N4O5/c1-4-6-19-42(20-7-5-2)39(47)36-21-27(3)44(41-36)37-16-15-29(33-14-10-13-30-24-40-18-17-34(30)33)23-35(37)38(46)43-25-31-12-9-8-11-28(31)22-32(43)26-45;1-6-8-18-40(19-9-7-2)38(45)33-20-26(3)42(39-33)34-16-14-28(29-15-17-35(46-4)36(23-29)47-5)22-32(34)37(44)41-24-30-13-11-10-12-27(30)21-31(41)25-43/h8-18,21,23-24,32,45H,4-7,19-20,22,25-26H2,1-3H3;10-17,20,22-23,31,43H,6-9,18-19,21,24-25H2,1-5H3/t32-;31-/m00/s1. The van der Waals surface area contributed by atoms with Crippen LogP contribution in [0, 0.1) is 13.8 Å². The molecule has 0 fully saturated rings. The van der Waals surface area contributed by atoms with Crippen LogP contribution in [-0.2, 0) is 25.9 Å². The molecule has 490 valence electrons. The highest BCUT2D eigenvalue weighted by Crippen LogP contribution is 2.37. The number of hydrogen-bond acceptors (Lipinski definition) is 11. The minimum atomic E-state index is -0.378. The average molecular weight is 1270 g/mol. The van der Waals surface area contributed by atoms with Gasteiger partial charge in [-0.05, 0) is 157 Å². The van der Waals surface area contributed by atoms with Crippen LogP contribution in [0.15, 0.2) is 152 Å². The van der Waals surface area contributed by atoms with Crippen molar-refractivity contribution in [3.8, 4) is 45.1 Å². The summed E-state index contributed by atoms with van der Waals surface area (Å²) in [6.07, 6.45) is 12.5. The van der Waals surface area contributed by atoms with Crippen molar-refractivity contribution in [2.75, 3.05) is 53.6 Å². The van der Waals surface area contributed by atoms with E-state index in [0.29, 0.717) is 97.5 Å². The van der Waals surface area contributed by atoms with E-state index < -0.39 is 0 Å². The molecule has 0 bridgehead atoms. The molecule has 9 aromatic rings. The molecule has 4 amide bonds. The molecule has 0 unspecified atom stereocenters. The normalized spacial score (nSPS) is 14.2. The molecule has 2 aliphatic rings. The first-order valence-corrected chi connectivity index (χ1v) is 33.3. The molecule has 2 N–H and O–H groups in total. The zero-order chi connectivity index (χ0) is 66.4. The van der Waals surface area contributed by atoms with Crippen molar-refractivity contribution in [3.63, 3.8) is 0 Å². The van der Waals surface area contributed by atoms with Crippen LogP contribution in [0.1, 0.15) is 154 Å². The number of unbranched alkanes of at least 4 members (excludes halogenated alkanes) is 4. The fourth-order valence-corrected chi connectivity index (χ4v) is 12.8. The van der Waals surface area contributed by atoms with Gasteiger partial charge in [0.1, 0.15) is 0 Å². The average Bonchev–Trinajstić information content (AvgIpc) is 1.30. The van der Waals surface area contributed by atoms with Gasteiger partial charge in [0.05, 0.1) is 62.0 Å². The lowest BCUT2D eigenvalue weighted by Crippen LogP contribution is -2.46. The van der Waals surface area contributed by atoms with Gasteiger partial charge in [-0.3, -0.25) is 24.2 Å². The van der Waals surface area contributed by atoms with Crippen molar-refractivity contribution < 1.29 is 38.9 Å². The Kier molecular flexibility index (Phi) is 22.6. The first kappa shape index (κ1) is 67.4. The number of methoxy groups -OCH3 is 2.